The van der Waals surface area contributed by atoms with Crippen molar-refractivity contribution < 1.29 is 0 Å². The van der Waals surface area contributed by atoms with E-state index in [4.69, 9.17) is 12.2 Å². The second-order valence-electron chi connectivity index (χ2n) is 1.72. The van der Waals surface area contributed by atoms with Gasteiger partial charge in [0.2, 0.25) is 0 Å². The van der Waals surface area contributed by atoms with Gasteiger partial charge in [-0.25, -0.2) is 0 Å². The van der Waals surface area contributed by atoms with Crippen molar-refractivity contribution in [3.05, 3.63) is 12.2 Å². The average molecular weight is 128 g/mol. The summed E-state index contributed by atoms with van der Waals surface area (Å²) < 4.78 is 0. The van der Waals surface area contributed by atoms with Crippen LogP contribution in [-0.2, 0) is 0 Å². The lowest BCUT2D eigenvalue weighted by atomic mass is 10.2. The van der Waals surface area contributed by atoms with E-state index in [9.17, 15) is 0 Å². The molecule has 0 aliphatic heterocycles. The lowest BCUT2D eigenvalue weighted by molar-refractivity contribution is 1.01. The minimum atomic E-state index is 1.06. The molecule has 0 radical (unpaired) electrons. The molecule has 0 unspecified atom stereocenters. The minimum absolute atomic E-state index is 1.06. The third-order valence-corrected chi connectivity index (χ3v) is 1.19. The molecule has 8 heavy (non-hydrogen) atoms. The van der Waals surface area contributed by atoms with Crippen molar-refractivity contribution in [3.8, 4) is 0 Å². The van der Waals surface area contributed by atoms with Crippen LogP contribution >= 0.6 is 12.2 Å². The zero-order chi connectivity index (χ0) is 6.41. The molecular formula is C7H12S. The van der Waals surface area contributed by atoms with Gasteiger partial charge in [-0.1, -0.05) is 37.7 Å². The van der Waals surface area contributed by atoms with Gasteiger partial charge in [0, 0.05) is 4.86 Å². The van der Waals surface area contributed by atoms with Gasteiger partial charge in [-0.15, -0.1) is 0 Å². The van der Waals surface area contributed by atoms with E-state index >= 15 is 0 Å². The fourth-order valence-electron chi connectivity index (χ4n) is 0.516. The summed E-state index contributed by atoms with van der Waals surface area (Å²) in [6, 6.07) is 0. The van der Waals surface area contributed by atoms with E-state index in [0.717, 1.165) is 17.7 Å². The van der Waals surface area contributed by atoms with Crippen molar-refractivity contribution in [1.29, 1.82) is 0 Å². The van der Waals surface area contributed by atoms with Crippen LogP contribution in [0.1, 0.15) is 26.7 Å². The van der Waals surface area contributed by atoms with Gasteiger partial charge < -0.3 is 0 Å². The first-order chi connectivity index (χ1) is 3.81. The fraction of sp³-hybridized carbons (Fsp3) is 0.571. The van der Waals surface area contributed by atoms with Gasteiger partial charge in [0.1, 0.15) is 0 Å². The van der Waals surface area contributed by atoms with Crippen molar-refractivity contribution in [2.75, 3.05) is 0 Å². The molecule has 0 heterocycles. The Balaban J connectivity index is 3.33. The zero-order valence-electron chi connectivity index (χ0n) is 5.48. The lowest BCUT2D eigenvalue weighted by Crippen LogP contribution is -1.84. The van der Waals surface area contributed by atoms with Crippen LogP contribution in [0.5, 0.6) is 0 Å². The molecule has 0 atom stereocenters. The molecule has 0 amide bonds. The smallest absolute Gasteiger partial charge is 0.0148 e. The Morgan fingerprint density at radius 2 is 2.25 bits per heavy atom. The molecule has 0 spiro atoms. The van der Waals surface area contributed by atoms with E-state index in [2.05, 4.69) is 6.92 Å². The molecule has 0 aliphatic rings. The molecule has 0 aliphatic carbocycles. The third kappa shape index (κ3) is 4.00. The van der Waals surface area contributed by atoms with Crippen molar-refractivity contribution in [2.45, 2.75) is 26.7 Å². The highest BCUT2D eigenvalue weighted by Crippen LogP contribution is 1.92. The van der Waals surface area contributed by atoms with Crippen LogP contribution in [0.3, 0.4) is 0 Å². The Morgan fingerprint density at radius 3 is 2.62 bits per heavy atom. The average Bonchev–Trinajstić information content (AvgIpc) is 1.68. The SMILES string of the molecule is C/C=C\C(=S)CCC. The van der Waals surface area contributed by atoms with Crippen LogP contribution in [0.4, 0.5) is 0 Å². The van der Waals surface area contributed by atoms with Gasteiger partial charge in [0.25, 0.3) is 0 Å². The maximum absolute atomic E-state index is 4.97. The molecule has 0 aromatic heterocycles. The highest BCUT2D eigenvalue weighted by molar-refractivity contribution is 7.80. The fourth-order valence-corrected chi connectivity index (χ4v) is 0.856. The Morgan fingerprint density at radius 1 is 1.62 bits per heavy atom. The zero-order valence-corrected chi connectivity index (χ0v) is 6.29. The molecule has 0 nitrogen and oxygen atoms in total. The summed E-state index contributed by atoms with van der Waals surface area (Å²) in [7, 11) is 0. The first-order valence-electron chi connectivity index (χ1n) is 2.96. The highest BCUT2D eigenvalue weighted by atomic mass is 32.1. The summed E-state index contributed by atoms with van der Waals surface area (Å²) in [6.07, 6.45) is 6.18. The number of thiocarbonyl (C=S) groups is 1. The van der Waals surface area contributed by atoms with E-state index in [1.54, 1.807) is 0 Å². The number of hydrogen-bond acceptors (Lipinski definition) is 1. The summed E-state index contributed by atoms with van der Waals surface area (Å²) in [6.45, 7) is 4.12. The topological polar surface area (TPSA) is 0 Å². The minimum Gasteiger partial charge on any atom is -0.0866 e. The first-order valence-corrected chi connectivity index (χ1v) is 3.37. The van der Waals surface area contributed by atoms with Crippen molar-refractivity contribution in [3.63, 3.8) is 0 Å². The normalized spacial score (nSPS) is 10.2. The molecule has 0 aromatic carbocycles. The molecule has 1 heteroatoms. The Bertz CT molecular complexity index is 92.6. The lowest BCUT2D eigenvalue weighted by Gasteiger charge is -1.88. The Labute approximate surface area is 56.6 Å². The number of hydrogen-bond donors (Lipinski definition) is 0. The highest BCUT2D eigenvalue weighted by Gasteiger charge is 1.84. The maximum atomic E-state index is 4.97. The molecule has 0 fully saturated rings. The number of rotatable bonds is 3. The van der Waals surface area contributed by atoms with Crippen LogP contribution < -0.4 is 0 Å². The quantitative estimate of drug-likeness (QED) is 0.416. The van der Waals surface area contributed by atoms with E-state index in [1.807, 2.05) is 19.1 Å². The molecule has 0 saturated heterocycles. The number of allylic oxidation sites excluding steroid dienone is 2. The summed E-state index contributed by atoms with van der Waals surface area (Å²) in [5, 5.41) is 0. The van der Waals surface area contributed by atoms with Crippen LogP contribution in [0, 0.1) is 0 Å². The van der Waals surface area contributed by atoms with Gasteiger partial charge in [-0.05, 0) is 13.3 Å². The molecule has 0 aromatic rings. The van der Waals surface area contributed by atoms with E-state index in [-0.39, 0.29) is 0 Å². The van der Waals surface area contributed by atoms with E-state index < -0.39 is 0 Å². The van der Waals surface area contributed by atoms with Crippen LogP contribution in [0.25, 0.3) is 0 Å². The molecule has 0 N–H and O–H groups in total. The molecule has 0 saturated carbocycles. The summed E-state index contributed by atoms with van der Waals surface area (Å²) >= 11 is 4.97. The van der Waals surface area contributed by atoms with Gasteiger partial charge in [0.05, 0.1) is 0 Å². The second kappa shape index (κ2) is 4.98. The molecule has 0 rings (SSSR count). The van der Waals surface area contributed by atoms with Crippen molar-refractivity contribution in [2.24, 2.45) is 0 Å². The predicted molar refractivity (Wildman–Crippen MR) is 42.3 cm³/mol. The Hall–Kier alpha value is -0.170. The standard InChI is InChI=1S/C7H12S/c1-3-5-7(8)6-4-2/h3,5H,4,6H2,1-2H3/b5-3-. The van der Waals surface area contributed by atoms with Crippen LogP contribution in [-0.4, -0.2) is 4.86 Å². The van der Waals surface area contributed by atoms with Crippen molar-refractivity contribution >= 4 is 17.1 Å². The van der Waals surface area contributed by atoms with Crippen LogP contribution in [0.15, 0.2) is 12.2 Å². The monoisotopic (exact) mass is 128 g/mol. The summed E-state index contributed by atoms with van der Waals surface area (Å²) in [5.74, 6) is 0. The van der Waals surface area contributed by atoms with E-state index in [0.29, 0.717) is 0 Å². The van der Waals surface area contributed by atoms with Gasteiger partial charge in [-0.2, -0.15) is 0 Å². The summed E-state index contributed by atoms with van der Waals surface area (Å²) in [5.41, 5.74) is 0. The summed E-state index contributed by atoms with van der Waals surface area (Å²) in [4.78, 5) is 1.06. The van der Waals surface area contributed by atoms with Gasteiger partial charge in [0.15, 0.2) is 0 Å². The first kappa shape index (κ1) is 7.83. The van der Waals surface area contributed by atoms with Crippen LogP contribution in [0.2, 0.25) is 0 Å². The molecule has 46 valence electrons. The second-order valence-corrected chi connectivity index (χ2v) is 2.24. The van der Waals surface area contributed by atoms with Crippen molar-refractivity contribution in [1.82, 2.24) is 0 Å². The largest absolute Gasteiger partial charge is 0.0866 e. The third-order valence-electron chi connectivity index (χ3n) is 0.849. The maximum Gasteiger partial charge on any atom is 0.0148 e. The molecular weight excluding hydrogens is 116 g/mol. The van der Waals surface area contributed by atoms with E-state index in [1.165, 1.54) is 0 Å². The van der Waals surface area contributed by atoms with Gasteiger partial charge in [-0.3, -0.25) is 0 Å². The Kier molecular flexibility index (Phi) is 4.87. The van der Waals surface area contributed by atoms with Gasteiger partial charge >= 0.3 is 0 Å². The molecule has 0 bridgehead atoms. The predicted octanol–water partition coefficient (Wildman–Crippen LogP) is 2.73.